The number of carboxylic acids is 1. The SMILES string of the molecule is NC(=O)C1CNCCO1.O=C(O)Cc1cccs1. The highest BCUT2D eigenvalue weighted by Gasteiger charge is 2.17. The number of ether oxygens (including phenoxy) is 1. The van der Waals surface area contributed by atoms with Crippen LogP contribution in [0.15, 0.2) is 17.5 Å². The zero-order valence-corrected chi connectivity index (χ0v) is 10.6. The minimum atomic E-state index is -0.766. The number of hydrogen-bond donors (Lipinski definition) is 3. The number of carbonyl (C=O) groups excluding carboxylic acids is 1. The molecule has 18 heavy (non-hydrogen) atoms. The summed E-state index contributed by atoms with van der Waals surface area (Å²) in [4.78, 5) is 21.4. The summed E-state index contributed by atoms with van der Waals surface area (Å²) >= 11 is 1.47. The maximum atomic E-state index is 10.4. The molecule has 1 aliphatic rings. The molecule has 2 rings (SSSR count). The topological polar surface area (TPSA) is 102 Å². The summed E-state index contributed by atoms with van der Waals surface area (Å²) < 4.78 is 5.00. The van der Waals surface area contributed by atoms with Gasteiger partial charge in [0, 0.05) is 18.0 Å². The molecule has 1 fully saturated rings. The number of carbonyl (C=O) groups is 2. The number of rotatable bonds is 3. The van der Waals surface area contributed by atoms with Gasteiger partial charge in [0.25, 0.3) is 0 Å². The van der Waals surface area contributed by atoms with Crippen LogP contribution in [0, 0.1) is 0 Å². The van der Waals surface area contributed by atoms with Crippen molar-refractivity contribution in [2.45, 2.75) is 12.5 Å². The van der Waals surface area contributed by atoms with Gasteiger partial charge in [-0.05, 0) is 11.4 Å². The van der Waals surface area contributed by atoms with Gasteiger partial charge in [0.15, 0.2) is 0 Å². The monoisotopic (exact) mass is 272 g/mol. The van der Waals surface area contributed by atoms with E-state index in [9.17, 15) is 9.59 Å². The molecule has 0 radical (unpaired) electrons. The number of nitrogens with two attached hydrogens (primary N) is 1. The zero-order valence-electron chi connectivity index (χ0n) is 9.80. The number of aliphatic carboxylic acids is 1. The van der Waals surface area contributed by atoms with Crippen molar-refractivity contribution >= 4 is 23.2 Å². The van der Waals surface area contributed by atoms with E-state index in [0.717, 1.165) is 11.4 Å². The lowest BCUT2D eigenvalue weighted by Gasteiger charge is -2.20. The van der Waals surface area contributed by atoms with Crippen LogP contribution in [0.25, 0.3) is 0 Å². The highest BCUT2D eigenvalue weighted by molar-refractivity contribution is 7.10. The maximum Gasteiger partial charge on any atom is 0.308 e. The van der Waals surface area contributed by atoms with Gasteiger partial charge in [-0.3, -0.25) is 9.59 Å². The molecule has 6 nitrogen and oxygen atoms in total. The molecule has 0 spiro atoms. The molecule has 2 heterocycles. The van der Waals surface area contributed by atoms with Crippen molar-refractivity contribution in [3.8, 4) is 0 Å². The number of thiophene rings is 1. The van der Waals surface area contributed by atoms with Crippen molar-refractivity contribution in [3.63, 3.8) is 0 Å². The van der Waals surface area contributed by atoms with Crippen LogP contribution in [-0.4, -0.2) is 42.8 Å². The van der Waals surface area contributed by atoms with Crippen LogP contribution in [-0.2, 0) is 20.7 Å². The van der Waals surface area contributed by atoms with Crippen molar-refractivity contribution in [3.05, 3.63) is 22.4 Å². The van der Waals surface area contributed by atoms with Gasteiger partial charge in [0.05, 0.1) is 13.0 Å². The molecule has 1 aromatic rings. The number of primary amides is 1. The van der Waals surface area contributed by atoms with Crippen LogP contribution in [0.1, 0.15) is 4.88 Å². The van der Waals surface area contributed by atoms with E-state index in [1.807, 2.05) is 17.5 Å². The molecule has 0 aliphatic carbocycles. The summed E-state index contributed by atoms with van der Waals surface area (Å²) in [7, 11) is 0. The van der Waals surface area contributed by atoms with E-state index < -0.39 is 12.1 Å². The Morgan fingerprint density at radius 1 is 1.61 bits per heavy atom. The van der Waals surface area contributed by atoms with Crippen LogP contribution in [0.3, 0.4) is 0 Å². The van der Waals surface area contributed by atoms with E-state index in [1.165, 1.54) is 11.3 Å². The fourth-order valence-electron chi connectivity index (χ4n) is 1.31. The largest absolute Gasteiger partial charge is 0.481 e. The summed E-state index contributed by atoms with van der Waals surface area (Å²) in [5, 5.41) is 13.2. The fourth-order valence-corrected chi connectivity index (χ4v) is 2.01. The second-order valence-corrected chi connectivity index (χ2v) is 4.65. The summed E-state index contributed by atoms with van der Waals surface area (Å²) in [6.07, 6.45) is -0.267. The lowest BCUT2D eigenvalue weighted by Crippen LogP contribution is -2.45. The molecule has 1 aromatic heterocycles. The van der Waals surface area contributed by atoms with Crippen LogP contribution < -0.4 is 11.1 Å². The van der Waals surface area contributed by atoms with Gasteiger partial charge >= 0.3 is 5.97 Å². The Kier molecular flexibility index (Phi) is 6.34. The van der Waals surface area contributed by atoms with E-state index in [4.69, 9.17) is 15.6 Å². The smallest absolute Gasteiger partial charge is 0.308 e. The summed E-state index contributed by atoms with van der Waals surface area (Å²) in [5.74, 6) is -1.15. The Morgan fingerprint density at radius 3 is 2.78 bits per heavy atom. The molecule has 1 unspecified atom stereocenters. The molecule has 100 valence electrons. The first-order valence-electron chi connectivity index (χ1n) is 5.45. The lowest BCUT2D eigenvalue weighted by atomic mass is 10.3. The molecule has 4 N–H and O–H groups in total. The van der Waals surface area contributed by atoms with Crippen LogP contribution in [0.4, 0.5) is 0 Å². The fraction of sp³-hybridized carbons (Fsp3) is 0.455. The molecule has 1 aliphatic heterocycles. The highest BCUT2D eigenvalue weighted by Crippen LogP contribution is 2.08. The van der Waals surface area contributed by atoms with Gasteiger partial charge in [-0.1, -0.05) is 6.07 Å². The second kappa shape index (κ2) is 7.80. The molecule has 1 atom stereocenters. The van der Waals surface area contributed by atoms with Gasteiger partial charge in [0.2, 0.25) is 5.91 Å². The number of carboxylic acid groups (broad SMARTS) is 1. The normalized spacial score (nSPS) is 18.6. The first kappa shape index (κ1) is 14.6. The molecular weight excluding hydrogens is 256 g/mol. The zero-order chi connectivity index (χ0) is 13.4. The molecule has 1 saturated heterocycles. The average molecular weight is 272 g/mol. The molecule has 7 heteroatoms. The van der Waals surface area contributed by atoms with Crippen LogP contribution in [0.5, 0.6) is 0 Å². The third kappa shape index (κ3) is 5.76. The van der Waals surface area contributed by atoms with Gasteiger partial charge in [0.1, 0.15) is 6.10 Å². The Bertz CT molecular complexity index is 374. The number of amides is 1. The molecule has 0 bridgehead atoms. The first-order chi connectivity index (χ1) is 8.59. The van der Waals surface area contributed by atoms with Crippen molar-refractivity contribution in [2.75, 3.05) is 19.7 Å². The minimum absolute atomic E-state index is 0.150. The van der Waals surface area contributed by atoms with Crippen molar-refractivity contribution in [1.82, 2.24) is 5.32 Å². The van der Waals surface area contributed by atoms with E-state index >= 15 is 0 Å². The minimum Gasteiger partial charge on any atom is -0.481 e. The number of morpholine rings is 1. The predicted molar refractivity (Wildman–Crippen MR) is 67.5 cm³/mol. The van der Waals surface area contributed by atoms with Gasteiger partial charge in [-0.15, -0.1) is 11.3 Å². The molecule has 0 aromatic carbocycles. The average Bonchev–Trinajstić information content (AvgIpc) is 2.83. The highest BCUT2D eigenvalue weighted by atomic mass is 32.1. The van der Waals surface area contributed by atoms with Crippen molar-refractivity contribution in [1.29, 1.82) is 0 Å². The molecule has 0 saturated carbocycles. The lowest BCUT2D eigenvalue weighted by molar-refractivity contribution is -0.136. The van der Waals surface area contributed by atoms with Crippen LogP contribution in [0.2, 0.25) is 0 Å². The third-order valence-electron chi connectivity index (χ3n) is 2.15. The maximum absolute atomic E-state index is 10.4. The molecule has 1 amide bonds. The third-order valence-corrected chi connectivity index (χ3v) is 3.03. The van der Waals surface area contributed by atoms with E-state index in [-0.39, 0.29) is 12.3 Å². The molecular formula is C11H16N2O4S. The summed E-state index contributed by atoms with van der Waals surface area (Å²) in [6.45, 7) is 1.94. The second-order valence-electron chi connectivity index (χ2n) is 3.62. The predicted octanol–water partition coefficient (Wildman–Crippen LogP) is -0.165. The van der Waals surface area contributed by atoms with Crippen molar-refractivity contribution in [2.24, 2.45) is 5.73 Å². The Balaban J connectivity index is 0.000000180. The van der Waals surface area contributed by atoms with E-state index in [0.29, 0.717) is 13.2 Å². The van der Waals surface area contributed by atoms with E-state index in [1.54, 1.807) is 0 Å². The Labute approximate surface area is 109 Å². The first-order valence-corrected chi connectivity index (χ1v) is 6.33. The summed E-state index contributed by atoms with van der Waals surface area (Å²) in [5.41, 5.74) is 4.96. The number of hydrogen-bond acceptors (Lipinski definition) is 5. The quantitative estimate of drug-likeness (QED) is 0.709. The van der Waals surface area contributed by atoms with Crippen molar-refractivity contribution < 1.29 is 19.4 Å². The number of nitrogens with one attached hydrogen (secondary N) is 1. The van der Waals surface area contributed by atoms with Gasteiger partial charge < -0.3 is 20.9 Å². The standard InChI is InChI=1S/C6H6O2S.C5H10N2O2/c7-6(8)4-5-2-1-3-9-5;6-5(8)4-3-7-1-2-9-4/h1-3H,4H2,(H,7,8);4,7H,1-3H2,(H2,6,8). The Morgan fingerprint density at radius 2 is 2.39 bits per heavy atom. The summed E-state index contributed by atoms with van der Waals surface area (Å²) in [6, 6.07) is 3.67. The Hall–Kier alpha value is -1.44. The van der Waals surface area contributed by atoms with E-state index in [2.05, 4.69) is 5.32 Å². The van der Waals surface area contributed by atoms with Crippen LogP contribution >= 0.6 is 11.3 Å². The van der Waals surface area contributed by atoms with Gasteiger partial charge in [-0.25, -0.2) is 0 Å². The van der Waals surface area contributed by atoms with Gasteiger partial charge in [-0.2, -0.15) is 0 Å².